The summed E-state index contributed by atoms with van der Waals surface area (Å²) in [5, 5.41) is 62.7. The summed E-state index contributed by atoms with van der Waals surface area (Å²) in [6, 6.07) is -3.65. The van der Waals surface area contributed by atoms with E-state index in [2.05, 4.69) is 16.0 Å². The molecule has 16 heteroatoms. The Morgan fingerprint density at radius 2 is 1.91 bits per heavy atom. The van der Waals surface area contributed by atoms with Crippen molar-refractivity contribution in [1.29, 1.82) is 0 Å². The largest absolute Gasteiger partial charge is 0.492 e. The van der Waals surface area contributed by atoms with Gasteiger partial charge in [0.1, 0.15) is 29.7 Å². The predicted octanol–water partition coefficient (Wildman–Crippen LogP) is -5.62. The van der Waals surface area contributed by atoms with Gasteiger partial charge in [0.15, 0.2) is 11.9 Å². The van der Waals surface area contributed by atoms with Gasteiger partial charge in [0.25, 0.3) is 5.91 Å². The van der Waals surface area contributed by atoms with Crippen LogP contribution < -0.4 is 38.9 Å². The topological polar surface area (TPSA) is 286 Å². The zero-order chi connectivity index (χ0) is 31.7. The fourth-order valence-corrected chi connectivity index (χ4v) is 6.45. The van der Waals surface area contributed by atoms with Crippen LogP contribution in [0.1, 0.15) is 32.6 Å². The maximum absolute atomic E-state index is 12.9. The Morgan fingerprint density at radius 3 is 2.53 bits per heavy atom. The number of amides is 1. The van der Waals surface area contributed by atoms with Gasteiger partial charge in [-0.3, -0.25) is 4.79 Å². The molecule has 0 aromatic heterocycles. The molecule has 2 aliphatic heterocycles. The Labute approximate surface area is 251 Å². The minimum atomic E-state index is -1.73. The minimum absolute atomic E-state index is 0.0921. The molecule has 0 aromatic carbocycles. The van der Waals surface area contributed by atoms with E-state index in [0.29, 0.717) is 38.2 Å². The molecule has 4 aliphatic rings. The third-order valence-electron chi connectivity index (χ3n) is 9.16. The third kappa shape index (κ3) is 7.49. The highest BCUT2D eigenvalue weighted by atomic mass is 16.7. The van der Waals surface area contributed by atoms with E-state index in [9.17, 15) is 30.3 Å². The number of likely N-dealkylation sites (N-methyl/N-ethyl adjacent to an activating group) is 1. The van der Waals surface area contributed by atoms with Gasteiger partial charge in [-0.05, 0) is 45.9 Å². The monoisotopic (exact) mass is 617 g/mol. The summed E-state index contributed by atoms with van der Waals surface area (Å²) in [6.45, 7) is 2.34. The van der Waals surface area contributed by atoms with E-state index >= 15 is 0 Å². The van der Waals surface area contributed by atoms with Crippen molar-refractivity contribution in [2.45, 2.75) is 111 Å². The number of nitrogens with two attached hydrogens (primary N) is 4. The fourth-order valence-electron chi connectivity index (χ4n) is 6.45. The molecule has 14 atom stereocenters. The van der Waals surface area contributed by atoms with Gasteiger partial charge in [-0.25, -0.2) is 0 Å². The van der Waals surface area contributed by atoms with E-state index in [1.54, 1.807) is 7.05 Å². The zero-order valence-electron chi connectivity index (χ0n) is 24.8. The van der Waals surface area contributed by atoms with Crippen LogP contribution in [0.4, 0.5) is 0 Å². The first-order valence-corrected chi connectivity index (χ1v) is 15.0. The molecule has 4 unspecified atom stereocenters. The number of hydrogen-bond acceptors (Lipinski definition) is 15. The normalized spacial score (nSPS) is 45.6. The summed E-state index contributed by atoms with van der Waals surface area (Å²) < 4.78 is 18.1. The lowest BCUT2D eigenvalue weighted by Gasteiger charge is -2.50. The molecule has 0 bridgehead atoms. The zero-order valence-corrected chi connectivity index (χ0v) is 24.8. The Hall–Kier alpha value is -1.51. The van der Waals surface area contributed by atoms with Gasteiger partial charge in [-0.15, -0.1) is 0 Å². The number of aliphatic hydroxyl groups excluding tert-OH is 3. The van der Waals surface area contributed by atoms with Gasteiger partial charge < -0.3 is 78.6 Å². The van der Waals surface area contributed by atoms with Crippen LogP contribution >= 0.6 is 0 Å². The highest BCUT2D eigenvalue weighted by Crippen LogP contribution is 2.38. The molecule has 2 heterocycles. The number of carbonyl (C=O) groups excluding carboxylic acids is 1. The van der Waals surface area contributed by atoms with Gasteiger partial charge in [0, 0.05) is 37.0 Å². The Balaban J connectivity index is 1.52. The second-order valence-electron chi connectivity index (χ2n) is 12.7. The summed E-state index contributed by atoms with van der Waals surface area (Å²) in [5.74, 6) is -0.889. The molecule has 0 radical (unpaired) electrons. The van der Waals surface area contributed by atoms with Crippen LogP contribution in [0.15, 0.2) is 11.8 Å². The standard InChI is InChI=1S/C27H51N7O9/c1-26(39)11-41-24(20(37)23(26)32-2)43-22-16(34-25(38)27(40)8-17(27)31)7-15(30)18(19(22)36)21-14(29)4-3-13(42-21)10-33-9-12(35)5-6-28/h3,12,14-24,32-33,35-37,39-40H,4-11,28-31H2,1-2H3,(H,34,38)/t12?,14-,15+,16-,17?,18?,19+,20-,21+,22+,23-,24-,26+,27?/m1/s1. The summed E-state index contributed by atoms with van der Waals surface area (Å²) in [6.07, 6.45) is -3.50. The molecule has 248 valence electrons. The molecule has 16 nitrogen and oxygen atoms in total. The molecule has 3 fully saturated rings. The Bertz CT molecular complexity index is 992. The summed E-state index contributed by atoms with van der Waals surface area (Å²) in [7, 11) is 1.58. The molecule has 4 rings (SSSR count). The van der Waals surface area contributed by atoms with Crippen molar-refractivity contribution in [2.24, 2.45) is 28.9 Å². The van der Waals surface area contributed by atoms with Crippen LogP contribution in [0.25, 0.3) is 0 Å². The maximum Gasteiger partial charge on any atom is 0.253 e. The van der Waals surface area contributed by atoms with Crippen molar-refractivity contribution in [3.05, 3.63) is 11.8 Å². The van der Waals surface area contributed by atoms with E-state index < -0.39 is 90.0 Å². The maximum atomic E-state index is 12.9. The SMILES string of the molecule is CN[C@@H]1[C@@H](O)[C@@H](O[C@H]2[C@H](NC(=O)C3(O)CC3N)C[C@H](N)C([C@H]3OC(CNCC(O)CCN)=CC[C@H]3N)[C@@H]2O)OC[C@]1(C)O. The molecule has 1 saturated heterocycles. The lowest BCUT2D eigenvalue weighted by molar-refractivity contribution is -0.297. The number of ether oxygens (including phenoxy) is 3. The number of nitrogens with one attached hydrogen (secondary N) is 3. The van der Waals surface area contributed by atoms with Gasteiger partial charge >= 0.3 is 0 Å². The predicted molar refractivity (Wildman–Crippen MR) is 154 cm³/mol. The summed E-state index contributed by atoms with van der Waals surface area (Å²) in [5.41, 5.74) is 21.2. The first kappa shape index (κ1) is 34.4. The van der Waals surface area contributed by atoms with Crippen molar-refractivity contribution in [3.63, 3.8) is 0 Å². The highest BCUT2D eigenvalue weighted by Gasteiger charge is 2.59. The highest BCUT2D eigenvalue weighted by molar-refractivity contribution is 5.89. The quantitative estimate of drug-likeness (QED) is 0.0972. The Morgan fingerprint density at radius 1 is 1.21 bits per heavy atom. The van der Waals surface area contributed by atoms with Crippen molar-refractivity contribution in [1.82, 2.24) is 16.0 Å². The van der Waals surface area contributed by atoms with Crippen LogP contribution in [0, 0.1) is 5.92 Å². The molecule has 43 heavy (non-hydrogen) atoms. The molecule has 16 N–H and O–H groups in total. The molecule has 2 aliphatic carbocycles. The van der Waals surface area contributed by atoms with Crippen LogP contribution in [0.2, 0.25) is 0 Å². The van der Waals surface area contributed by atoms with E-state index in [1.807, 2.05) is 6.08 Å². The van der Waals surface area contributed by atoms with E-state index in [0.717, 1.165) is 0 Å². The molecule has 0 aromatic rings. The fraction of sp³-hybridized carbons (Fsp3) is 0.889. The Kier molecular flexibility index (Phi) is 11.1. The van der Waals surface area contributed by atoms with Gasteiger partial charge in [0.2, 0.25) is 0 Å². The van der Waals surface area contributed by atoms with Crippen molar-refractivity contribution >= 4 is 5.91 Å². The summed E-state index contributed by atoms with van der Waals surface area (Å²) >= 11 is 0. The first-order chi connectivity index (χ1) is 20.2. The number of aliphatic hydroxyl groups is 5. The lowest BCUT2D eigenvalue weighted by Crippen LogP contribution is -2.69. The van der Waals surface area contributed by atoms with E-state index in [-0.39, 0.29) is 19.4 Å². The minimum Gasteiger partial charge on any atom is -0.492 e. The van der Waals surface area contributed by atoms with Crippen LogP contribution in [0.3, 0.4) is 0 Å². The average molecular weight is 618 g/mol. The first-order valence-electron chi connectivity index (χ1n) is 15.0. The lowest BCUT2D eigenvalue weighted by atomic mass is 9.72. The van der Waals surface area contributed by atoms with E-state index in [1.165, 1.54) is 6.92 Å². The summed E-state index contributed by atoms with van der Waals surface area (Å²) in [4.78, 5) is 12.9. The van der Waals surface area contributed by atoms with Gasteiger partial charge in [0.05, 0.1) is 37.4 Å². The third-order valence-corrected chi connectivity index (χ3v) is 9.16. The molecular weight excluding hydrogens is 566 g/mol. The smallest absolute Gasteiger partial charge is 0.253 e. The van der Waals surface area contributed by atoms with Crippen molar-refractivity contribution < 1.29 is 44.5 Å². The molecule has 0 spiro atoms. The van der Waals surface area contributed by atoms with Crippen LogP contribution in [-0.2, 0) is 19.0 Å². The van der Waals surface area contributed by atoms with Crippen LogP contribution in [0.5, 0.6) is 0 Å². The number of rotatable bonds is 12. The van der Waals surface area contributed by atoms with E-state index in [4.69, 9.17) is 37.1 Å². The second kappa shape index (κ2) is 13.9. The van der Waals surface area contributed by atoms with Crippen molar-refractivity contribution in [3.8, 4) is 0 Å². The number of hydrogen-bond donors (Lipinski definition) is 12. The number of carbonyl (C=O) groups is 1. The van der Waals surface area contributed by atoms with Crippen LogP contribution in [-0.4, -0.2) is 143 Å². The second-order valence-corrected chi connectivity index (χ2v) is 12.7. The van der Waals surface area contributed by atoms with Gasteiger partial charge in [-0.1, -0.05) is 0 Å². The molecule has 2 saturated carbocycles. The van der Waals surface area contributed by atoms with Gasteiger partial charge in [-0.2, -0.15) is 0 Å². The molecule has 1 amide bonds. The van der Waals surface area contributed by atoms with Crippen molar-refractivity contribution in [2.75, 3.05) is 33.3 Å². The molecular formula is C27H51N7O9. The average Bonchev–Trinajstić information content (AvgIpc) is 3.56.